The van der Waals surface area contributed by atoms with Crippen molar-refractivity contribution in [1.29, 1.82) is 0 Å². The van der Waals surface area contributed by atoms with Crippen LogP contribution in [0.1, 0.15) is 0 Å². The van der Waals surface area contributed by atoms with Gasteiger partial charge in [-0.15, -0.1) is 0 Å². The lowest BCUT2D eigenvalue weighted by Gasteiger charge is -2.21. The molecule has 5 rings (SSSR count). The number of aromatic nitrogens is 2. The number of nitrogens with zero attached hydrogens (tertiary/aromatic N) is 2. The zero-order valence-corrected chi connectivity index (χ0v) is 18.3. The van der Waals surface area contributed by atoms with Gasteiger partial charge in [0.15, 0.2) is 7.14 Å². The molecule has 3 nitrogen and oxygen atoms in total. The lowest BCUT2D eigenvalue weighted by molar-refractivity contribution is 0.592. The van der Waals surface area contributed by atoms with Crippen LogP contribution in [-0.4, -0.2) is 9.97 Å². The van der Waals surface area contributed by atoms with E-state index in [2.05, 4.69) is 9.97 Å². The predicted molar refractivity (Wildman–Crippen MR) is 132 cm³/mol. The number of pyridine rings is 2. The van der Waals surface area contributed by atoms with Crippen molar-refractivity contribution in [2.45, 2.75) is 0 Å². The Morgan fingerprint density at radius 1 is 0.469 bits per heavy atom. The van der Waals surface area contributed by atoms with Gasteiger partial charge >= 0.3 is 0 Å². The highest BCUT2D eigenvalue weighted by atomic mass is 31.2. The number of hydrogen-bond donors (Lipinski definition) is 0. The number of hydrogen-bond acceptors (Lipinski definition) is 3. The molecule has 0 saturated carbocycles. The van der Waals surface area contributed by atoms with Crippen LogP contribution in [0.5, 0.6) is 0 Å². The first-order valence-corrected chi connectivity index (χ1v) is 12.2. The number of benzene rings is 3. The Kier molecular flexibility index (Phi) is 5.49. The molecule has 32 heavy (non-hydrogen) atoms. The zero-order valence-electron chi connectivity index (χ0n) is 17.4. The van der Waals surface area contributed by atoms with Crippen molar-refractivity contribution in [3.05, 3.63) is 128 Å². The van der Waals surface area contributed by atoms with Gasteiger partial charge in [0.25, 0.3) is 0 Å². The molecule has 0 aliphatic heterocycles. The molecule has 154 valence electrons. The summed E-state index contributed by atoms with van der Waals surface area (Å²) in [7, 11) is -3.13. The minimum Gasteiger partial charge on any atom is -0.309 e. The maximum absolute atomic E-state index is 14.9. The summed E-state index contributed by atoms with van der Waals surface area (Å²) >= 11 is 0. The monoisotopic (exact) mass is 432 g/mol. The standard InChI is InChI=1S/C28H21N2OP/c31-32(24-12-2-1-3-13-24,25-14-8-10-22(20-25)27-16-4-6-18-29-27)26-15-9-11-23(21-26)28-17-5-7-19-30-28/h1-21H. The van der Waals surface area contributed by atoms with E-state index in [1.807, 2.05) is 115 Å². The highest BCUT2D eigenvalue weighted by Gasteiger charge is 2.30. The topological polar surface area (TPSA) is 42.9 Å². The smallest absolute Gasteiger partial charge is 0.171 e. The van der Waals surface area contributed by atoms with Crippen molar-refractivity contribution >= 4 is 23.1 Å². The van der Waals surface area contributed by atoms with Crippen molar-refractivity contribution in [3.8, 4) is 22.5 Å². The molecule has 0 aliphatic rings. The van der Waals surface area contributed by atoms with Crippen LogP contribution in [0.15, 0.2) is 128 Å². The van der Waals surface area contributed by atoms with E-state index < -0.39 is 7.14 Å². The Balaban J connectivity index is 1.71. The Labute approximate surface area is 187 Å². The molecule has 4 heteroatoms. The van der Waals surface area contributed by atoms with Crippen molar-refractivity contribution < 1.29 is 4.57 Å². The van der Waals surface area contributed by atoms with E-state index in [1.54, 1.807) is 12.4 Å². The summed E-state index contributed by atoms with van der Waals surface area (Å²) < 4.78 is 14.9. The minimum absolute atomic E-state index is 0.782. The lowest BCUT2D eigenvalue weighted by Crippen LogP contribution is -2.25. The molecule has 0 N–H and O–H groups in total. The second kappa shape index (κ2) is 8.74. The maximum atomic E-state index is 14.9. The van der Waals surface area contributed by atoms with Crippen LogP contribution >= 0.6 is 7.14 Å². The van der Waals surface area contributed by atoms with E-state index in [-0.39, 0.29) is 0 Å². The van der Waals surface area contributed by atoms with Crippen LogP contribution in [0.4, 0.5) is 0 Å². The molecule has 0 fully saturated rings. The molecule has 2 heterocycles. The van der Waals surface area contributed by atoms with E-state index in [4.69, 9.17) is 0 Å². The van der Waals surface area contributed by atoms with Crippen LogP contribution in [0, 0.1) is 0 Å². The molecular weight excluding hydrogens is 411 g/mol. The Hall–Kier alpha value is -3.81. The normalized spacial score (nSPS) is 11.2. The lowest BCUT2D eigenvalue weighted by atomic mass is 10.1. The third-order valence-electron chi connectivity index (χ3n) is 5.46. The molecule has 5 aromatic rings. The molecule has 0 unspecified atom stereocenters. The van der Waals surface area contributed by atoms with Crippen LogP contribution in [-0.2, 0) is 4.57 Å². The van der Waals surface area contributed by atoms with Gasteiger partial charge in [0.05, 0.1) is 11.4 Å². The van der Waals surface area contributed by atoms with E-state index in [0.717, 1.165) is 38.4 Å². The molecule has 0 aliphatic carbocycles. The third-order valence-corrected chi connectivity index (χ3v) is 8.50. The van der Waals surface area contributed by atoms with Gasteiger partial charge in [0, 0.05) is 39.4 Å². The summed E-state index contributed by atoms with van der Waals surface area (Å²) in [5.41, 5.74) is 3.60. The molecule has 0 spiro atoms. The van der Waals surface area contributed by atoms with Gasteiger partial charge in [0.2, 0.25) is 0 Å². The first kappa shape index (κ1) is 20.1. The minimum atomic E-state index is -3.13. The predicted octanol–water partition coefficient (Wildman–Crippen LogP) is 5.45. The molecule has 0 atom stereocenters. The van der Waals surface area contributed by atoms with Crippen molar-refractivity contribution in [2.75, 3.05) is 0 Å². The SMILES string of the molecule is O=P(c1ccccc1)(c1cccc(-c2ccccn2)c1)c1cccc(-c2ccccn2)c1. The summed E-state index contributed by atoms with van der Waals surface area (Å²) in [5, 5.41) is 2.37. The van der Waals surface area contributed by atoms with Gasteiger partial charge in [-0.1, -0.05) is 78.9 Å². The molecule has 0 radical (unpaired) electrons. The Bertz CT molecular complexity index is 1300. The fourth-order valence-corrected chi connectivity index (χ4v) is 6.59. The van der Waals surface area contributed by atoms with Crippen LogP contribution in [0.3, 0.4) is 0 Å². The van der Waals surface area contributed by atoms with Crippen LogP contribution < -0.4 is 15.9 Å². The van der Waals surface area contributed by atoms with E-state index >= 15 is 0 Å². The quantitative estimate of drug-likeness (QED) is 0.347. The average molecular weight is 432 g/mol. The van der Waals surface area contributed by atoms with Gasteiger partial charge in [-0.25, -0.2) is 0 Å². The van der Waals surface area contributed by atoms with Gasteiger partial charge in [0.1, 0.15) is 0 Å². The van der Waals surface area contributed by atoms with E-state index in [1.165, 1.54) is 0 Å². The summed E-state index contributed by atoms with van der Waals surface area (Å²) in [6.45, 7) is 0. The molecular formula is C28H21N2OP. The van der Waals surface area contributed by atoms with Gasteiger partial charge < -0.3 is 4.57 Å². The van der Waals surface area contributed by atoms with E-state index in [0.29, 0.717) is 0 Å². The third kappa shape index (κ3) is 3.79. The zero-order chi connectivity index (χ0) is 21.8. The molecule has 0 bridgehead atoms. The molecule has 2 aromatic heterocycles. The molecule has 0 saturated heterocycles. The second-order valence-electron chi connectivity index (χ2n) is 7.48. The van der Waals surface area contributed by atoms with E-state index in [9.17, 15) is 4.57 Å². The summed E-state index contributed by atoms with van der Waals surface area (Å²) in [5.74, 6) is 0. The fourth-order valence-electron chi connectivity index (χ4n) is 3.87. The van der Waals surface area contributed by atoms with Gasteiger partial charge in [-0.2, -0.15) is 0 Å². The van der Waals surface area contributed by atoms with Crippen molar-refractivity contribution in [1.82, 2.24) is 9.97 Å². The number of rotatable bonds is 5. The Morgan fingerprint density at radius 2 is 0.938 bits per heavy atom. The first-order chi connectivity index (χ1) is 15.7. The maximum Gasteiger partial charge on any atom is 0.171 e. The summed E-state index contributed by atoms with van der Waals surface area (Å²) in [6, 6.07) is 37.2. The largest absolute Gasteiger partial charge is 0.309 e. The highest BCUT2D eigenvalue weighted by molar-refractivity contribution is 7.85. The molecule has 3 aromatic carbocycles. The first-order valence-electron chi connectivity index (χ1n) is 10.4. The van der Waals surface area contributed by atoms with Crippen molar-refractivity contribution in [2.24, 2.45) is 0 Å². The average Bonchev–Trinajstić information content (AvgIpc) is 2.90. The summed E-state index contributed by atoms with van der Waals surface area (Å²) in [6.07, 6.45) is 3.55. The highest BCUT2D eigenvalue weighted by Crippen LogP contribution is 2.43. The molecule has 0 amide bonds. The van der Waals surface area contributed by atoms with Gasteiger partial charge in [-0.05, 0) is 36.4 Å². The van der Waals surface area contributed by atoms with Crippen LogP contribution in [0.2, 0.25) is 0 Å². The summed E-state index contributed by atoms with van der Waals surface area (Å²) in [4.78, 5) is 8.95. The Morgan fingerprint density at radius 3 is 1.41 bits per heavy atom. The van der Waals surface area contributed by atoms with Crippen LogP contribution in [0.25, 0.3) is 22.5 Å². The van der Waals surface area contributed by atoms with Gasteiger partial charge in [-0.3, -0.25) is 9.97 Å². The second-order valence-corrected chi connectivity index (χ2v) is 10.2. The van der Waals surface area contributed by atoms with Crippen molar-refractivity contribution in [3.63, 3.8) is 0 Å². The fraction of sp³-hybridized carbons (Fsp3) is 0.